The summed E-state index contributed by atoms with van der Waals surface area (Å²) >= 11 is 1.87. The molecular weight excluding hydrogens is 427 g/mol. The van der Waals surface area contributed by atoms with Gasteiger partial charge >= 0.3 is 0 Å². The minimum Gasteiger partial charge on any atom is -0.381 e. The zero-order chi connectivity index (χ0) is 16.2. The first kappa shape index (κ1) is 22.8. The van der Waals surface area contributed by atoms with Crippen molar-refractivity contribution in [3.05, 3.63) is 0 Å². The average Bonchev–Trinajstić information content (AvgIpc) is 3.01. The Bertz CT molecular complexity index is 350. The van der Waals surface area contributed by atoms with Crippen molar-refractivity contribution in [1.82, 2.24) is 15.5 Å². The molecule has 0 bridgehead atoms. The maximum absolute atomic E-state index is 11.7. The van der Waals surface area contributed by atoms with Crippen LogP contribution in [0.15, 0.2) is 4.99 Å². The van der Waals surface area contributed by atoms with E-state index in [-0.39, 0.29) is 36.4 Å². The molecule has 1 heterocycles. The van der Waals surface area contributed by atoms with Crippen LogP contribution in [-0.2, 0) is 9.53 Å². The van der Waals surface area contributed by atoms with E-state index in [9.17, 15) is 4.79 Å². The van der Waals surface area contributed by atoms with Crippen LogP contribution < -0.4 is 10.6 Å². The molecule has 23 heavy (non-hydrogen) atoms. The Morgan fingerprint density at radius 1 is 1.35 bits per heavy atom. The first-order valence-corrected chi connectivity index (χ1v) is 9.32. The third-order valence-corrected chi connectivity index (χ3v) is 4.22. The standard InChI is InChI=1S/C15H30N4O2S.HI/c1-19(2)14(20)11-18-15(16-7-4-5-9-22-3)17-10-13-6-8-21-12-13;/h13H,4-12H2,1-3H3,(H2,16,17,18);1H. The van der Waals surface area contributed by atoms with Gasteiger partial charge in [0.2, 0.25) is 5.91 Å². The molecule has 2 N–H and O–H groups in total. The van der Waals surface area contributed by atoms with Gasteiger partial charge in [0.05, 0.1) is 6.61 Å². The largest absolute Gasteiger partial charge is 0.381 e. The molecule has 1 unspecified atom stereocenters. The molecule has 0 aromatic heterocycles. The van der Waals surface area contributed by atoms with Crippen molar-refractivity contribution in [3.8, 4) is 0 Å². The predicted octanol–water partition coefficient (Wildman–Crippen LogP) is 1.41. The van der Waals surface area contributed by atoms with Crippen LogP contribution in [0.25, 0.3) is 0 Å². The maximum atomic E-state index is 11.7. The molecule has 6 nitrogen and oxygen atoms in total. The molecular formula is C15H31IN4O2S. The summed E-state index contributed by atoms with van der Waals surface area (Å²) in [7, 11) is 3.49. The highest BCUT2D eigenvalue weighted by molar-refractivity contribution is 14.0. The Labute approximate surface area is 161 Å². The highest BCUT2D eigenvalue weighted by Crippen LogP contribution is 2.10. The highest BCUT2D eigenvalue weighted by atomic mass is 127. The summed E-state index contributed by atoms with van der Waals surface area (Å²) in [6, 6.07) is 0. The van der Waals surface area contributed by atoms with Crippen molar-refractivity contribution in [2.24, 2.45) is 10.9 Å². The van der Waals surface area contributed by atoms with Crippen LogP contribution in [0.3, 0.4) is 0 Å². The lowest BCUT2D eigenvalue weighted by molar-refractivity contribution is -0.127. The molecule has 0 spiro atoms. The van der Waals surface area contributed by atoms with Gasteiger partial charge in [-0.3, -0.25) is 4.79 Å². The number of hydrogen-bond acceptors (Lipinski definition) is 4. The van der Waals surface area contributed by atoms with Gasteiger partial charge in [0, 0.05) is 39.7 Å². The van der Waals surface area contributed by atoms with Crippen LogP contribution in [0.2, 0.25) is 0 Å². The van der Waals surface area contributed by atoms with E-state index in [1.807, 2.05) is 11.8 Å². The second-order valence-electron chi connectivity index (χ2n) is 5.69. The van der Waals surface area contributed by atoms with Gasteiger partial charge in [0.15, 0.2) is 5.96 Å². The fraction of sp³-hybridized carbons (Fsp3) is 0.867. The van der Waals surface area contributed by atoms with Crippen molar-refractivity contribution in [2.45, 2.75) is 19.3 Å². The number of guanidine groups is 1. The quantitative estimate of drug-likeness (QED) is 0.237. The Balaban J connectivity index is 0.00000484. The van der Waals surface area contributed by atoms with E-state index < -0.39 is 0 Å². The van der Waals surface area contributed by atoms with Gasteiger partial charge in [-0.2, -0.15) is 11.8 Å². The summed E-state index contributed by atoms with van der Waals surface area (Å²) in [6.07, 6.45) is 5.51. The zero-order valence-corrected chi connectivity index (χ0v) is 17.6. The lowest BCUT2D eigenvalue weighted by atomic mass is 10.1. The Hall–Kier alpha value is -0.220. The molecule has 1 rings (SSSR count). The molecule has 1 aliphatic heterocycles. The third-order valence-electron chi connectivity index (χ3n) is 3.52. The maximum Gasteiger partial charge on any atom is 0.243 e. The number of hydrogen-bond donors (Lipinski definition) is 2. The lowest BCUT2D eigenvalue weighted by Crippen LogP contribution is -2.41. The van der Waals surface area contributed by atoms with E-state index in [1.165, 1.54) is 12.2 Å². The third kappa shape index (κ3) is 11.0. The van der Waals surface area contributed by atoms with Crippen LogP contribution in [-0.4, -0.2) is 75.7 Å². The van der Waals surface area contributed by atoms with Gasteiger partial charge in [-0.25, -0.2) is 4.99 Å². The van der Waals surface area contributed by atoms with Crippen LogP contribution in [0, 0.1) is 5.92 Å². The van der Waals surface area contributed by atoms with Crippen molar-refractivity contribution in [3.63, 3.8) is 0 Å². The highest BCUT2D eigenvalue weighted by Gasteiger charge is 2.15. The Kier molecular flexibility index (Phi) is 14.0. The molecule has 1 atom stereocenters. The van der Waals surface area contributed by atoms with E-state index in [0.29, 0.717) is 5.92 Å². The van der Waals surface area contributed by atoms with Crippen LogP contribution in [0.1, 0.15) is 19.3 Å². The van der Waals surface area contributed by atoms with E-state index >= 15 is 0 Å². The molecule has 1 amide bonds. The topological polar surface area (TPSA) is 66.0 Å². The molecule has 0 radical (unpaired) electrons. The molecule has 1 saturated heterocycles. The van der Waals surface area contributed by atoms with Gasteiger partial charge in [-0.1, -0.05) is 0 Å². The van der Waals surface area contributed by atoms with Crippen LogP contribution in [0.5, 0.6) is 0 Å². The molecule has 1 aliphatic rings. The lowest BCUT2D eigenvalue weighted by Gasteiger charge is -2.15. The summed E-state index contributed by atoms with van der Waals surface area (Å²) in [4.78, 5) is 17.6. The number of carbonyl (C=O) groups is 1. The van der Waals surface area contributed by atoms with Gasteiger partial charge in [-0.15, -0.1) is 24.0 Å². The van der Waals surface area contributed by atoms with Crippen molar-refractivity contribution >= 4 is 47.6 Å². The molecule has 136 valence electrons. The zero-order valence-electron chi connectivity index (χ0n) is 14.5. The minimum absolute atomic E-state index is 0. The number of amides is 1. The van der Waals surface area contributed by atoms with E-state index in [0.717, 1.165) is 45.1 Å². The van der Waals surface area contributed by atoms with Crippen molar-refractivity contribution in [1.29, 1.82) is 0 Å². The SMILES string of the molecule is CSCCCCNC(=NCC(=O)N(C)C)NCC1CCOC1.I. The molecule has 0 aromatic rings. The fourth-order valence-corrected chi connectivity index (χ4v) is 2.52. The second-order valence-corrected chi connectivity index (χ2v) is 6.68. The normalized spacial score (nSPS) is 17.5. The van der Waals surface area contributed by atoms with Crippen molar-refractivity contribution in [2.75, 3.05) is 59.0 Å². The molecule has 0 aromatic carbocycles. The molecule has 0 aliphatic carbocycles. The summed E-state index contributed by atoms with van der Waals surface area (Å²) in [6.45, 7) is 3.55. The van der Waals surface area contributed by atoms with Gasteiger partial charge in [0.25, 0.3) is 0 Å². The van der Waals surface area contributed by atoms with E-state index in [4.69, 9.17) is 4.74 Å². The predicted molar refractivity (Wildman–Crippen MR) is 109 cm³/mol. The summed E-state index contributed by atoms with van der Waals surface area (Å²) < 4.78 is 5.38. The molecule has 0 saturated carbocycles. The average molecular weight is 458 g/mol. The van der Waals surface area contributed by atoms with Crippen molar-refractivity contribution < 1.29 is 9.53 Å². The number of nitrogens with one attached hydrogen (secondary N) is 2. The van der Waals surface area contributed by atoms with E-state index in [1.54, 1.807) is 19.0 Å². The molecule has 8 heteroatoms. The number of ether oxygens (including phenoxy) is 1. The first-order valence-electron chi connectivity index (χ1n) is 7.92. The fourth-order valence-electron chi connectivity index (χ4n) is 2.03. The number of nitrogens with zero attached hydrogens (tertiary/aromatic N) is 2. The molecule has 1 fully saturated rings. The number of unbranched alkanes of at least 4 members (excludes halogenated alkanes) is 1. The number of thioether (sulfide) groups is 1. The summed E-state index contributed by atoms with van der Waals surface area (Å²) in [5.74, 6) is 2.45. The number of halogens is 1. The smallest absolute Gasteiger partial charge is 0.243 e. The van der Waals surface area contributed by atoms with Crippen LogP contribution in [0.4, 0.5) is 0 Å². The first-order chi connectivity index (χ1) is 10.6. The number of aliphatic imine (C=N–C) groups is 1. The Morgan fingerprint density at radius 2 is 2.13 bits per heavy atom. The van der Waals surface area contributed by atoms with Gasteiger partial charge in [-0.05, 0) is 31.3 Å². The van der Waals surface area contributed by atoms with Gasteiger partial charge < -0.3 is 20.3 Å². The number of likely N-dealkylation sites (N-methyl/N-ethyl adjacent to an activating group) is 1. The summed E-state index contributed by atoms with van der Waals surface area (Å²) in [5, 5.41) is 6.64. The van der Waals surface area contributed by atoms with Gasteiger partial charge in [0.1, 0.15) is 6.54 Å². The number of carbonyl (C=O) groups excluding carboxylic acids is 1. The second kappa shape index (κ2) is 14.2. The Morgan fingerprint density at radius 3 is 2.74 bits per heavy atom. The monoisotopic (exact) mass is 458 g/mol. The van der Waals surface area contributed by atoms with E-state index in [2.05, 4.69) is 21.9 Å². The minimum atomic E-state index is 0. The summed E-state index contributed by atoms with van der Waals surface area (Å²) in [5.41, 5.74) is 0. The number of rotatable bonds is 9. The van der Waals surface area contributed by atoms with Crippen LogP contribution >= 0.6 is 35.7 Å².